The summed E-state index contributed by atoms with van der Waals surface area (Å²) in [5.74, 6) is 0.0927. The minimum atomic E-state index is 0.0927. The topological polar surface area (TPSA) is 29.5 Å². The highest BCUT2D eigenvalue weighted by Gasteiger charge is 1.93. The number of rotatable bonds is 6. The van der Waals surface area contributed by atoms with Crippen LogP contribution in [-0.4, -0.2) is 44.5 Å². The van der Waals surface area contributed by atoms with Crippen LogP contribution in [0, 0.1) is 0 Å². The monoisotopic (exact) mass is 171 g/mol. The third kappa shape index (κ3) is 7.44. The summed E-state index contributed by atoms with van der Waals surface area (Å²) in [6.45, 7) is 3.96. The van der Waals surface area contributed by atoms with Crippen LogP contribution in [0.4, 0.5) is 0 Å². The lowest BCUT2D eigenvalue weighted by molar-refractivity contribution is -0.112. The Balaban J connectivity index is 3.42. The van der Waals surface area contributed by atoms with E-state index in [-0.39, 0.29) is 5.78 Å². The normalized spacial score (nSPS) is 11.3. The van der Waals surface area contributed by atoms with Gasteiger partial charge >= 0.3 is 0 Å². The van der Waals surface area contributed by atoms with Gasteiger partial charge in [-0.1, -0.05) is 6.08 Å². The van der Waals surface area contributed by atoms with E-state index in [0.717, 1.165) is 19.7 Å². The van der Waals surface area contributed by atoms with Gasteiger partial charge in [0.05, 0.1) is 6.61 Å². The number of likely N-dealkylation sites (N-methyl/N-ethyl adjacent to an activating group) is 1. The van der Waals surface area contributed by atoms with Crippen molar-refractivity contribution < 1.29 is 9.53 Å². The quantitative estimate of drug-likeness (QED) is 0.551. The highest BCUT2D eigenvalue weighted by Crippen LogP contribution is 1.84. The van der Waals surface area contributed by atoms with Crippen LogP contribution in [0.2, 0.25) is 0 Å². The lowest BCUT2D eigenvalue weighted by Crippen LogP contribution is -2.22. The summed E-state index contributed by atoms with van der Waals surface area (Å²) >= 11 is 0. The molecule has 0 amide bonds. The van der Waals surface area contributed by atoms with Crippen molar-refractivity contribution in [2.24, 2.45) is 0 Å². The molecule has 0 aromatic heterocycles. The van der Waals surface area contributed by atoms with E-state index in [1.165, 1.54) is 0 Å². The molecule has 0 unspecified atom stereocenters. The highest BCUT2D eigenvalue weighted by molar-refractivity contribution is 5.87. The van der Waals surface area contributed by atoms with Gasteiger partial charge in [0.25, 0.3) is 0 Å². The summed E-state index contributed by atoms with van der Waals surface area (Å²) in [5, 5.41) is 0. The number of ketones is 1. The minimum Gasteiger partial charge on any atom is -0.383 e. The van der Waals surface area contributed by atoms with E-state index in [0.29, 0.717) is 0 Å². The number of ether oxygens (including phenoxy) is 1. The Morgan fingerprint density at radius 1 is 1.58 bits per heavy atom. The molecule has 0 aliphatic carbocycles. The molecule has 0 heterocycles. The van der Waals surface area contributed by atoms with Gasteiger partial charge in [0.1, 0.15) is 0 Å². The van der Waals surface area contributed by atoms with Crippen LogP contribution in [0.15, 0.2) is 12.2 Å². The van der Waals surface area contributed by atoms with Crippen LogP contribution < -0.4 is 0 Å². The molecule has 70 valence electrons. The fourth-order valence-corrected chi connectivity index (χ4v) is 0.737. The van der Waals surface area contributed by atoms with Gasteiger partial charge in [-0.25, -0.2) is 0 Å². The van der Waals surface area contributed by atoms with Crippen LogP contribution in [0.1, 0.15) is 6.92 Å². The van der Waals surface area contributed by atoms with Gasteiger partial charge in [0.15, 0.2) is 5.78 Å². The number of carbonyl (C=O) groups excluding carboxylic acids is 1. The van der Waals surface area contributed by atoms with Crippen molar-refractivity contribution in [2.75, 3.05) is 33.9 Å². The number of methoxy groups -OCH3 is 1. The van der Waals surface area contributed by atoms with Crippen molar-refractivity contribution in [1.82, 2.24) is 4.90 Å². The van der Waals surface area contributed by atoms with Crippen LogP contribution in [-0.2, 0) is 9.53 Å². The van der Waals surface area contributed by atoms with Crippen molar-refractivity contribution in [2.45, 2.75) is 6.92 Å². The van der Waals surface area contributed by atoms with Crippen molar-refractivity contribution in [1.29, 1.82) is 0 Å². The molecule has 0 N–H and O–H groups in total. The van der Waals surface area contributed by atoms with Crippen molar-refractivity contribution in [3.8, 4) is 0 Å². The molecule has 0 atom stereocenters. The lowest BCUT2D eigenvalue weighted by Gasteiger charge is -2.12. The van der Waals surface area contributed by atoms with E-state index in [4.69, 9.17) is 4.74 Å². The maximum atomic E-state index is 10.5. The molecule has 0 spiro atoms. The van der Waals surface area contributed by atoms with Crippen molar-refractivity contribution >= 4 is 5.78 Å². The van der Waals surface area contributed by atoms with E-state index in [1.54, 1.807) is 20.1 Å². The Hall–Kier alpha value is -0.670. The van der Waals surface area contributed by atoms with Gasteiger partial charge in [0, 0.05) is 20.2 Å². The number of nitrogens with zero attached hydrogens (tertiary/aromatic N) is 1. The molecule has 12 heavy (non-hydrogen) atoms. The predicted molar refractivity (Wildman–Crippen MR) is 49.2 cm³/mol. The van der Waals surface area contributed by atoms with Gasteiger partial charge < -0.3 is 9.64 Å². The summed E-state index contributed by atoms with van der Waals surface area (Å²) in [6.07, 6.45) is 3.45. The molecule has 3 nitrogen and oxygen atoms in total. The predicted octanol–water partition coefficient (Wildman–Crippen LogP) is 0.710. The molecule has 0 aliphatic rings. The molecule has 0 saturated carbocycles. The van der Waals surface area contributed by atoms with Crippen molar-refractivity contribution in [3.05, 3.63) is 12.2 Å². The molecule has 0 aromatic carbocycles. The Labute approximate surface area is 74.0 Å². The van der Waals surface area contributed by atoms with Gasteiger partial charge in [-0.15, -0.1) is 0 Å². The zero-order valence-electron chi connectivity index (χ0n) is 8.04. The number of hydrogen-bond acceptors (Lipinski definition) is 3. The van der Waals surface area contributed by atoms with E-state index >= 15 is 0 Å². The molecule has 0 radical (unpaired) electrons. The van der Waals surface area contributed by atoms with E-state index in [1.807, 2.05) is 13.1 Å². The number of carbonyl (C=O) groups is 1. The zero-order chi connectivity index (χ0) is 9.40. The van der Waals surface area contributed by atoms with Gasteiger partial charge in [-0.2, -0.15) is 0 Å². The Morgan fingerprint density at radius 2 is 2.25 bits per heavy atom. The Morgan fingerprint density at radius 3 is 2.75 bits per heavy atom. The zero-order valence-corrected chi connectivity index (χ0v) is 8.04. The first-order valence-electron chi connectivity index (χ1n) is 4.01. The molecule has 0 aliphatic heterocycles. The second-order valence-corrected chi connectivity index (χ2v) is 2.77. The van der Waals surface area contributed by atoms with Crippen LogP contribution >= 0.6 is 0 Å². The third-order valence-electron chi connectivity index (χ3n) is 1.45. The molecular formula is C9H17NO2. The Bertz CT molecular complexity index is 155. The summed E-state index contributed by atoms with van der Waals surface area (Å²) < 4.78 is 4.91. The Kier molecular flexibility index (Phi) is 6.61. The molecule has 0 bridgehead atoms. The average molecular weight is 171 g/mol. The maximum Gasteiger partial charge on any atom is 0.152 e. The summed E-state index contributed by atoms with van der Waals surface area (Å²) in [4.78, 5) is 12.6. The summed E-state index contributed by atoms with van der Waals surface area (Å²) in [5.41, 5.74) is 0. The SMILES string of the molecule is COCCN(C)CC=CC(C)=O. The lowest BCUT2D eigenvalue weighted by atomic mass is 10.4. The number of hydrogen-bond donors (Lipinski definition) is 0. The van der Waals surface area contributed by atoms with Gasteiger partial charge in [-0.05, 0) is 20.0 Å². The standard InChI is InChI=1S/C9H17NO2/c1-9(11)5-4-6-10(2)7-8-12-3/h4-5H,6-8H2,1-3H3. The molecule has 0 fully saturated rings. The fraction of sp³-hybridized carbons (Fsp3) is 0.667. The minimum absolute atomic E-state index is 0.0927. The maximum absolute atomic E-state index is 10.5. The van der Waals surface area contributed by atoms with Crippen molar-refractivity contribution in [3.63, 3.8) is 0 Å². The molecule has 0 rings (SSSR count). The third-order valence-corrected chi connectivity index (χ3v) is 1.45. The second-order valence-electron chi connectivity index (χ2n) is 2.77. The van der Waals surface area contributed by atoms with E-state index in [9.17, 15) is 4.79 Å². The molecular weight excluding hydrogens is 154 g/mol. The summed E-state index contributed by atoms with van der Waals surface area (Å²) in [7, 11) is 3.67. The van der Waals surface area contributed by atoms with Gasteiger partial charge in [0.2, 0.25) is 0 Å². The molecule has 0 aromatic rings. The smallest absolute Gasteiger partial charge is 0.152 e. The average Bonchev–Trinajstić information content (AvgIpc) is 2.00. The van der Waals surface area contributed by atoms with Gasteiger partial charge in [-0.3, -0.25) is 4.79 Å². The first kappa shape index (κ1) is 11.3. The summed E-state index contributed by atoms with van der Waals surface area (Å²) in [6, 6.07) is 0. The van der Waals surface area contributed by atoms with Crippen LogP contribution in [0.3, 0.4) is 0 Å². The van der Waals surface area contributed by atoms with Crippen LogP contribution in [0.5, 0.6) is 0 Å². The number of allylic oxidation sites excluding steroid dienone is 1. The highest BCUT2D eigenvalue weighted by atomic mass is 16.5. The molecule has 3 heteroatoms. The molecule has 0 saturated heterocycles. The van der Waals surface area contributed by atoms with E-state index in [2.05, 4.69) is 4.90 Å². The first-order chi connectivity index (χ1) is 5.66. The first-order valence-corrected chi connectivity index (χ1v) is 4.01. The second kappa shape index (κ2) is 7.00. The van der Waals surface area contributed by atoms with Crippen LogP contribution in [0.25, 0.3) is 0 Å². The van der Waals surface area contributed by atoms with E-state index < -0.39 is 0 Å². The largest absolute Gasteiger partial charge is 0.383 e. The fourth-order valence-electron chi connectivity index (χ4n) is 0.737.